The summed E-state index contributed by atoms with van der Waals surface area (Å²) in [7, 11) is 0. The minimum Gasteiger partial charge on any atom is -0.481 e. The second kappa shape index (κ2) is 3.88. The number of pyridine rings is 1. The molecular weight excluding hydrogens is 211 g/mol. The van der Waals surface area contributed by atoms with Gasteiger partial charge in [0.1, 0.15) is 5.69 Å². The molecule has 1 aromatic heterocycles. The third-order valence-electron chi connectivity index (χ3n) is 1.95. The minimum absolute atomic E-state index is 0.246. The largest absolute Gasteiger partial charge is 0.481 e. The van der Waals surface area contributed by atoms with Crippen LogP contribution in [0.25, 0.3) is 0 Å². The number of rotatable bonds is 2. The van der Waals surface area contributed by atoms with Crippen molar-refractivity contribution in [1.29, 1.82) is 0 Å². The van der Waals surface area contributed by atoms with Crippen LogP contribution in [0.15, 0.2) is 18.3 Å². The third kappa shape index (κ3) is 2.68. The summed E-state index contributed by atoms with van der Waals surface area (Å²) in [6, 6.07) is 1.89. The Morgan fingerprint density at radius 3 is 2.40 bits per heavy atom. The fourth-order valence-electron chi connectivity index (χ4n) is 0.972. The van der Waals surface area contributed by atoms with E-state index in [1.165, 1.54) is 6.92 Å². The van der Waals surface area contributed by atoms with Crippen molar-refractivity contribution in [3.05, 3.63) is 29.6 Å². The van der Waals surface area contributed by atoms with Gasteiger partial charge in [0, 0.05) is 6.20 Å². The Balaban J connectivity index is 2.95. The highest BCUT2D eigenvalue weighted by atomic mass is 19.4. The van der Waals surface area contributed by atoms with Crippen molar-refractivity contribution in [2.75, 3.05) is 0 Å². The number of aliphatic carboxylic acids is 1. The molecule has 0 aromatic carbocycles. The summed E-state index contributed by atoms with van der Waals surface area (Å²) in [6.45, 7) is 1.38. The molecular formula is C9H8F3NO2. The highest BCUT2D eigenvalue weighted by molar-refractivity contribution is 5.75. The van der Waals surface area contributed by atoms with Crippen molar-refractivity contribution in [2.24, 2.45) is 0 Å². The van der Waals surface area contributed by atoms with Crippen molar-refractivity contribution in [3.8, 4) is 0 Å². The Morgan fingerprint density at radius 1 is 1.47 bits per heavy atom. The van der Waals surface area contributed by atoms with Gasteiger partial charge in [-0.2, -0.15) is 13.2 Å². The molecule has 1 N–H and O–H groups in total. The molecule has 6 heteroatoms. The molecule has 0 saturated carbocycles. The minimum atomic E-state index is -4.50. The molecule has 0 saturated heterocycles. The lowest BCUT2D eigenvalue weighted by molar-refractivity contribution is -0.141. The SMILES string of the molecule is C[C@@H](C(=O)O)c1ccc(C(F)(F)F)nc1. The van der Waals surface area contributed by atoms with E-state index in [2.05, 4.69) is 4.98 Å². The van der Waals surface area contributed by atoms with E-state index in [-0.39, 0.29) is 5.56 Å². The van der Waals surface area contributed by atoms with E-state index in [9.17, 15) is 18.0 Å². The van der Waals surface area contributed by atoms with E-state index in [4.69, 9.17) is 5.11 Å². The summed E-state index contributed by atoms with van der Waals surface area (Å²) in [6.07, 6.45) is -3.56. The van der Waals surface area contributed by atoms with E-state index in [1.54, 1.807) is 0 Å². The number of alkyl halides is 3. The molecule has 0 fully saturated rings. The number of carbonyl (C=O) groups is 1. The molecule has 1 rings (SSSR count). The summed E-state index contributed by atoms with van der Waals surface area (Å²) in [4.78, 5) is 13.7. The van der Waals surface area contributed by atoms with E-state index in [1.807, 2.05) is 0 Å². The zero-order valence-corrected chi connectivity index (χ0v) is 7.75. The molecule has 1 aromatic rings. The molecule has 0 aliphatic carbocycles. The van der Waals surface area contributed by atoms with Gasteiger partial charge in [0.05, 0.1) is 5.92 Å². The summed E-state index contributed by atoms with van der Waals surface area (Å²) in [5.74, 6) is -1.96. The number of carboxylic acids is 1. The number of aromatic nitrogens is 1. The number of hydrogen-bond acceptors (Lipinski definition) is 2. The zero-order valence-electron chi connectivity index (χ0n) is 7.75. The van der Waals surface area contributed by atoms with Crippen LogP contribution in [-0.4, -0.2) is 16.1 Å². The van der Waals surface area contributed by atoms with Gasteiger partial charge >= 0.3 is 12.1 Å². The van der Waals surface area contributed by atoms with Crippen LogP contribution in [0.2, 0.25) is 0 Å². The molecule has 0 aliphatic heterocycles. The van der Waals surface area contributed by atoms with Gasteiger partial charge in [-0.25, -0.2) is 0 Å². The monoisotopic (exact) mass is 219 g/mol. The summed E-state index contributed by atoms with van der Waals surface area (Å²) < 4.78 is 36.3. The fourth-order valence-corrected chi connectivity index (χ4v) is 0.972. The lowest BCUT2D eigenvalue weighted by atomic mass is 10.0. The van der Waals surface area contributed by atoms with Gasteiger partial charge < -0.3 is 5.11 Å². The predicted molar refractivity (Wildman–Crippen MR) is 45.3 cm³/mol. The molecule has 0 radical (unpaired) electrons. The van der Waals surface area contributed by atoms with Crippen molar-refractivity contribution in [2.45, 2.75) is 19.0 Å². The molecule has 3 nitrogen and oxygen atoms in total. The maximum Gasteiger partial charge on any atom is 0.433 e. The Labute approximate surface area is 83.6 Å². The van der Waals surface area contributed by atoms with Crippen LogP contribution >= 0.6 is 0 Å². The van der Waals surface area contributed by atoms with Gasteiger partial charge in [-0.05, 0) is 18.6 Å². The number of halogens is 3. The molecule has 0 unspecified atom stereocenters. The topological polar surface area (TPSA) is 50.2 Å². The van der Waals surface area contributed by atoms with Crippen LogP contribution in [0.5, 0.6) is 0 Å². The first kappa shape index (κ1) is 11.5. The van der Waals surface area contributed by atoms with Gasteiger partial charge in [0.15, 0.2) is 0 Å². The van der Waals surface area contributed by atoms with Crippen LogP contribution in [0.1, 0.15) is 24.1 Å². The van der Waals surface area contributed by atoms with Crippen LogP contribution in [-0.2, 0) is 11.0 Å². The lowest BCUT2D eigenvalue weighted by Gasteiger charge is -2.08. The van der Waals surface area contributed by atoms with Crippen LogP contribution in [0.3, 0.4) is 0 Å². The van der Waals surface area contributed by atoms with E-state index in [0.717, 1.165) is 18.3 Å². The summed E-state index contributed by atoms with van der Waals surface area (Å²) in [5, 5.41) is 8.61. The summed E-state index contributed by atoms with van der Waals surface area (Å²) in [5.41, 5.74) is -0.778. The van der Waals surface area contributed by atoms with E-state index in [0.29, 0.717) is 0 Å². The number of nitrogens with zero attached hydrogens (tertiary/aromatic N) is 1. The van der Waals surface area contributed by atoms with Gasteiger partial charge in [0.25, 0.3) is 0 Å². The Kier molecular flexibility index (Phi) is 2.97. The normalized spacial score (nSPS) is 13.6. The number of hydrogen-bond donors (Lipinski definition) is 1. The molecule has 82 valence electrons. The van der Waals surface area contributed by atoms with E-state index < -0.39 is 23.8 Å². The highest BCUT2D eigenvalue weighted by Crippen LogP contribution is 2.28. The molecule has 0 aliphatic rings. The first-order valence-corrected chi connectivity index (χ1v) is 4.08. The summed E-state index contributed by atoms with van der Waals surface area (Å²) >= 11 is 0. The maximum absolute atomic E-state index is 12.1. The average Bonchev–Trinajstić information content (AvgIpc) is 2.15. The first-order chi connectivity index (χ1) is 6.82. The van der Waals surface area contributed by atoms with Crippen molar-refractivity contribution < 1.29 is 23.1 Å². The van der Waals surface area contributed by atoms with E-state index >= 15 is 0 Å². The van der Waals surface area contributed by atoms with Crippen LogP contribution < -0.4 is 0 Å². The molecule has 0 bridgehead atoms. The highest BCUT2D eigenvalue weighted by Gasteiger charge is 2.32. The molecule has 0 spiro atoms. The quantitative estimate of drug-likeness (QED) is 0.830. The molecule has 0 amide bonds. The Morgan fingerprint density at radius 2 is 2.07 bits per heavy atom. The molecule has 15 heavy (non-hydrogen) atoms. The Bertz CT molecular complexity index is 359. The smallest absolute Gasteiger partial charge is 0.433 e. The van der Waals surface area contributed by atoms with Crippen molar-refractivity contribution >= 4 is 5.97 Å². The van der Waals surface area contributed by atoms with Gasteiger partial charge in [-0.3, -0.25) is 9.78 Å². The maximum atomic E-state index is 12.1. The third-order valence-corrected chi connectivity index (χ3v) is 1.95. The van der Waals surface area contributed by atoms with Gasteiger partial charge in [-0.1, -0.05) is 6.07 Å². The predicted octanol–water partition coefficient (Wildman–Crippen LogP) is 2.29. The second-order valence-electron chi connectivity index (χ2n) is 3.03. The lowest BCUT2D eigenvalue weighted by Crippen LogP contribution is -2.11. The standard InChI is InChI=1S/C9H8F3NO2/c1-5(8(14)15)6-2-3-7(13-4-6)9(10,11)12/h2-5H,1H3,(H,14,15)/t5-/m1/s1. The fraction of sp³-hybridized carbons (Fsp3) is 0.333. The van der Waals surface area contributed by atoms with Crippen LogP contribution in [0.4, 0.5) is 13.2 Å². The van der Waals surface area contributed by atoms with Gasteiger partial charge in [-0.15, -0.1) is 0 Å². The second-order valence-corrected chi connectivity index (χ2v) is 3.03. The van der Waals surface area contributed by atoms with Crippen LogP contribution in [0, 0.1) is 0 Å². The average molecular weight is 219 g/mol. The Hall–Kier alpha value is -1.59. The first-order valence-electron chi connectivity index (χ1n) is 4.08. The van der Waals surface area contributed by atoms with Crippen molar-refractivity contribution in [1.82, 2.24) is 4.98 Å². The zero-order chi connectivity index (χ0) is 11.6. The molecule has 1 atom stereocenters. The molecule has 1 heterocycles. The van der Waals surface area contributed by atoms with Crippen molar-refractivity contribution in [3.63, 3.8) is 0 Å². The number of carboxylic acid groups (broad SMARTS) is 1. The van der Waals surface area contributed by atoms with Gasteiger partial charge in [0.2, 0.25) is 0 Å².